The summed E-state index contributed by atoms with van der Waals surface area (Å²) in [5.41, 5.74) is 1.29. The van der Waals surface area contributed by atoms with Crippen LogP contribution in [0.15, 0.2) is 66.0 Å². The second-order valence-corrected chi connectivity index (χ2v) is 9.55. The molecule has 4 atom stereocenters. The maximum atomic E-state index is 14.0. The molecule has 1 amide bonds. The highest BCUT2D eigenvalue weighted by Crippen LogP contribution is 2.52. The lowest BCUT2D eigenvalue weighted by Crippen LogP contribution is -2.45. The molecule has 1 aromatic heterocycles. The Morgan fingerprint density at radius 3 is 2.46 bits per heavy atom. The van der Waals surface area contributed by atoms with E-state index in [-0.39, 0.29) is 12.4 Å². The van der Waals surface area contributed by atoms with E-state index in [2.05, 4.69) is 0 Å². The van der Waals surface area contributed by atoms with Crippen LogP contribution in [0.2, 0.25) is 5.02 Å². The molecule has 4 unspecified atom stereocenters. The van der Waals surface area contributed by atoms with Gasteiger partial charge in [0.25, 0.3) is 0 Å². The van der Waals surface area contributed by atoms with Gasteiger partial charge in [-0.05, 0) is 41.3 Å². The Bertz CT molecular complexity index is 1290. The van der Waals surface area contributed by atoms with Crippen molar-refractivity contribution < 1.29 is 24.2 Å². The third-order valence-electron chi connectivity index (χ3n) is 6.14. The summed E-state index contributed by atoms with van der Waals surface area (Å²) >= 11 is 7.50. The fourth-order valence-corrected chi connectivity index (χ4v) is 5.86. The summed E-state index contributed by atoms with van der Waals surface area (Å²) in [7, 11) is 1.35. The third kappa shape index (κ3) is 4.71. The zero-order chi connectivity index (χ0) is 25.1. The molecule has 1 aliphatic heterocycles. The number of carboxylic acid groups (broad SMARTS) is 1. The van der Waals surface area contributed by atoms with Crippen LogP contribution in [0.5, 0.6) is 0 Å². The number of carboxylic acids is 1. The van der Waals surface area contributed by atoms with Gasteiger partial charge < -0.3 is 14.7 Å². The predicted molar refractivity (Wildman–Crippen MR) is 130 cm³/mol. The van der Waals surface area contributed by atoms with Crippen molar-refractivity contribution >= 4 is 40.6 Å². The monoisotopic (exact) mass is 508 g/mol. The second-order valence-electron chi connectivity index (χ2n) is 8.14. The van der Waals surface area contributed by atoms with Crippen molar-refractivity contribution in [2.45, 2.75) is 18.0 Å². The molecule has 35 heavy (non-hydrogen) atoms. The van der Waals surface area contributed by atoms with Crippen molar-refractivity contribution in [3.8, 4) is 6.07 Å². The summed E-state index contributed by atoms with van der Waals surface area (Å²) in [6, 6.07) is 16.4. The van der Waals surface area contributed by atoms with E-state index in [1.165, 1.54) is 23.3 Å². The molecule has 2 aromatic carbocycles. The number of likely N-dealkylation sites (tertiary alicyclic amines) is 1. The summed E-state index contributed by atoms with van der Waals surface area (Å²) in [6.45, 7) is -0.341. The Morgan fingerprint density at radius 2 is 1.89 bits per heavy atom. The number of Topliss-reactive ketones (excluding diaryl/α,β-unsaturated/α-hetero) is 1. The third-order valence-corrected chi connectivity index (χ3v) is 7.35. The van der Waals surface area contributed by atoms with Gasteiger partial charge in [-0.25, -0.2) is 4.79 Å². The summed E-state index contributed by atoms with van der Waals surface area (Å²) in [5.74, 6) is -3.80. The van der Waals surface area contributed by atoms with E-state index in [0.29, 0.717) is 26.6 Å². The highest BCUT2D eigenvalue weighted by atomic mass is 35.5. The maximum absolute atomic E-state index is 14.0. The molecule has 7 nitrogen and oxygen atoms in total. The van der Waals surface area contributed by atoms with Crippen LogP contribution in [0.3, 0.4) is 0 Å². The van der Waals surface area contributed by atoms with Crippen LogP contribution in [0, 0.1) is 17.2 Å². The van der Waals surface area contributed by atoms with E-state index in [4.69, 9.17) is 16.3 Å². The lowest BCUT2D eigenvalue weighted by atomic mass is 9.78. The molecule has 2 heterocycles. The first kappa shape index (κ1) is 24.6. The molecule has 0 spiro atoms. The van der Waals surface area contributed by atoms with E-state index in [9.17, 15) is 24.8 Å². The summed E-state index contributed by atoms with van der Waals surface area (Å²) in [4.78, 5) is 41.9. The minimum Gasteiger partial charge on any atom is -0.480 e. The van der Waals surface area contributed by atoms with Crippen LogP contribution in [-0.2, 0) is 14.3 Å². The quantitative estimate of drug-likeness (QED) is 0.469. The standard InChI is InChI=1S/C26H21ClN2O5S/c1-34-14-20(30)29-23(16-9-7-15(13-28)8-10-16)22(25(31)17-4-2-5-18(27)12-17)21(24(29)26(32)33)19-6-3-11-35-19/h2-12,21-24H,14H2,1H3,(H,32,33). The lowest BCUT2D eigenvalue weighted by molar-refractivity contribution is -0.151. The molecule has 1 aliphatic rings. The van der Waals surface area contributed by atoms with Gasteiger partial charge in [0.2, 0.25) is 5.91 Å². The van der Waals surface area contributed by atoms with Gasteiger partial charge >= 0.3 is 5.97 Å². The number of rotatable bonds is 7. The number of halogens is 1. The number of carbonyl (C=O) groups excluding carboxylic acids is 2. The molecule has 4 rings (SSSR count). The van der Waals surface area contributed by atoms with Gasteiger partial charge in [-0.15, -0.1) is 11.3 Å². The fraction of sp³-hybridized carbons (Fsp3) is 0.231. The van der Waals surface area contributed by atoms with Gasteiger partial charge in [0.15, 0.2) is 5.78 Å². The smallest absolute Gasteiger partial charge is 0.327 e. The van der Waals surface area contributed by atoms with Crippen molar-refractivity contribution in [2.24, 2.45) is 5.92 Å². The highest BCUT2D eigenvalue weighted by molar-refractivity contribution is 7.10. The molecule has 9 heteroatoms. The number of nitrogens with zero attached hydrogens (tertiary/aromatic N) is 2. The zero-order valence-electron chi connectivity index (χ0n) is 18.6. The van der Waals surface area contributed by atoms with Crippen LogP contribution in [0.1, 0.15) is 38.3 Å². The van der Waals surface area contributed by atoms with Crippen molar-refractivity contribution in [3.05, 3.63) is 92.6 Å². The van der Waals surface area contributed by atoms with Crippen LogP contribution < -0.4 is 0 Å². The number of methoxy groups -OCH3 is 1. The van der Waals surface area contributed by atoms with Crippen LogP contribution in [0.4, 0.5) is 0 Å². The van der Waals surface area contributed by atoms with E-state index in [1.807, 2.05) is 11.4 Å². The highest BCUT2D eigenvalue weighted by Gasteiger charge is 2.57. The fourth-order valence-electron chi connectivity index (χ4n) is 4.77. The van der Waals surface area contributed by atoms with E-state index in [0.717, 1.165) is 0 Å². The number of ketones is 1. The van der Waals surface area contributed by atoms with Crippen LogP contribution in [-0.4, -0.2) is 47.4 Å². The Kier molecular flexibility index (Phi) is 7.31. The molecule has 3 aromatic rings. The minimum absolute atomic E-state index is 0.320. The van der Waals surface area contributed by atoms with Gasteiger partial charge in [-0.1, -0.05) is 41.9 Å². The van der Waals surface area contributed by atoms with Gasteiger partial charge in [0, 0.05) is 28.5 Å². The van der Waals surface area contributed by atoms with Crippen molar-refractivity contribution in [1.29, 1.82) is 5.26 Å². The number of thiophene rings is 1. The molecule has 178 valence electrons. The van der Waals surface area contributed by atoms with Crippen LogP contribution >= 0.6 is 22.9 Å². The van der Waals surface area contributed by atoms with Crippen molar-refractivity contribution in [1.82, 2.24) is 4.90 Å². The molecule has 1 fully saturated rings. The number of amides is 1. The van der Waals surface area contributed by atoms with E-state index < -0.39 is 35.8 Å². The Labute approximate surface area is 211 Å². The average molecular weight is 509 g/mol. The summed E-state index contributed by atoms with van der Waals surface area (Å²) < 4.78 is 5.06. The average Bonchev–Trinajstić information content (AvgIpc) is 3.50. The number of benzene rings is 2. The van der Waals surface area contributed by atoms with Crippen LogP contribution in [0.25, 0.3) is 0 Å². The molecule has 1 N–H and O–H groups in total. The number of ether oxygens (including phenoxy) is 1. The molecule has 0 saturated carbocycles. The normalized spacial score (nSPS) is 21.5. The zero-order valence-corrected chi connectivity index (χ0v) is 20.2. The molecule has 1 saturated heterocycles. The lowest BCUT2D eigenvalue weighted by Gasteiger charge is -2.30. The SMILES string of the molecule is COCC(=O)N1C(C(=O)O)C(c2cccs2)C(C(=O)c2cccc(Cl)c2)C1c1ccc(C#N)cc1. The minimum atomic E-state index is -1.30. The van der Waals surface area contributed by atoms with Gasteiger partial charge in [-0.2, -0.15) is 5.26 Å². The number of carbonyl (C=O) groups is 3. The first-order valence-electron chi connectivity index (χ1n) is 10.7. The van der Waals surface area contributed by atoms with Gasteiger partial charge in [-0.3, -0.25) is 9.59 Å². The molecule has 0 aliphatic carbocycles. The first-order chi connectivity index (χ1) is 16.9. The Morgan fingerprint density at radius 1 is 1.14 bits per heavy atom. The first-order valence-corrected chi connectivity index (χ1v) is 12.0. The van der Waals surface area contributed by atoms with E-state index >= 15 is 0 Å². The number of hydrogen-bond acceptors (Lipinski definition) is 6. The number of aliphatic carboxylic acids is 1. The Balaban J connectivity index is 1.96. The maximum Gasteiger partial charge on any atom is 0.327 e. The second kappa shape index (κ2) is 10.4. The molecule has 0 bridgehead atoms. The Hall–Kier alpha value is -3.51. The van der Waals surface area contributed by atoms with Gasteiger partial charge in [0.1, 0.15) is 12.6 Å². The predicted octanol–water partition coefficient (Wildman–Crippen LogP) is 4.54. The summed E-state index contributed by atoms with van der Waals surface area (Å²) in [5, 5.41) is 21.7. The topological polar surface area (TPSA) is 108 Å². The van der Waals surface area contributed by atoms with E-state index in [1.54, 1.807) is 60.7 Å². The number of nitriles is 1. The van der Waals surface area contributed by atoms with Gasteiger partial charge in [0.05, 0.1) is 23.6 Å². The largest absolute Gasteiger partial charge is 0.480 e. The molecular weight excluding hydrogens is 488 g/mol. The number of hydrogen-bond donors (Lipinski definition) is 1. The van der Waals surface area contributed by atoms with Crippen molar-refractivity contribution in [3.63, 3.8) is 0 Å². The molecule has 0 radical (unpaired) electrons. The molecular formula is C26H21ClN2O5S. The van der Waals surface area contributed by atoms with Crippen molar-refractivity contribution in [2.75, 3.05) is 13.7 Å². The summed E-state index contributed by atoms with van der Waals surface area (Å²) in [6.07, 6.45) is 0.